The van der Waals surface area contributed by atoms with Gasteiger partial charge in [0.05, 0.1) is 13.2 Å². The third kappa shape index (κ3) is 2.13. The van der Waals surface area contributed by atoms with Gasteiger partial charge in [-0.05, 0) is 58.3 Å². The Labute approximate surface area is 105 Å². The molecule has 0 radical (unpaired) electrons. The second kappa shape index (κ2) is 4.87. The largest absolute Gasteiger partial charge is 0.380 e. The molecule has 1 unspecified atom stereocenters. The van der Waals surface area contributed by atoms with Crippen molar-refractivity contribution >= 4 is 0 Å². The van der Waals surface area contributed by atoms with E-state index in [1.165, 1.54) is 51.7 Å². The zero-order chi connectivity index (χ0) is 11.7. The molecule has 0 bridgehead atoms. The second-order valence-electron chi connectivity index (χ2n) is 6.31. The van der Waals surface area contributed by atoms with Crippen molar-refractivity contribution in [2.75, 3.05) is 39.9 Å². The van der Waals surface area contributed by atoms with Gasteiger partial charge in [0.15, 0.2) is 0 Å². The number of nitrogens with one attached hydrogen (secondary N) is 1. The molecule has 1 N–H and O–H groups in total. The van der Waals surface area contributed by atoms with Crippen LogP contribution < -0.4 is 5.32 Å². The van der Waals surface area contributed by atoms with Crippen molar-refractivity contribution in [3.05, 3.63) is 0 Å². The van der Waals surface area contributed by atoms with Gasteiger partial charge in [-0.25, -0.2) is 0 Å². The van der Waals surface area contributed by atoms with E-state index in [0.717, 1.165) is 25.2 Å². The van der Waals surface area contributed by atoms with E-state index in [-0.39, 0.29) is 0 Å². The van der Waals surface area contributed by atoms with E-state index in [4.69, 9.17) is 4.74 Å². The number of hydrogen-bond donors (Lipinski definition) is 1. The van der Waals surface area contributed by atoms with Gasteiger partial charge in [0, 0.05) is 11.5 Å². The standard InChI is InChI=1S/C14H26N2O/c1-16-8-5-12(6-9-16)14(10-17-11-14)13-4-2-3-7-15-13/h12-13,15H,2-11H2,1H3. The van der Waals surface area contributed by atoms with Crippen molar-refractivity contribution in [2.45, 2.75) is 38.1 Å². The van der Waals surface area contributed by atoms with Gasteiger partial charge in [0.25, 0.3) is 0 Å². The Balaban J connectivity index is 1.68. The minimum absolute atomic E-state index is 0.488. The Morgan fingerprint density at radius 2 is 1.88 bits per heavy atom. The lowest BCUT2D eigenvalue weighted by atomic mass is 9.63. The normalized spacial score (nSPS) is 35.5. The van der Waals surface area contributed by atoms with Crippen LogP contribution in [0.1, 0.15) is 32.1 Å². The molecular weight excluding hydrogens is 212 g/mol. The maximum Gasteiger partial charge on any atom is 0.0562 e. The highest BCUT2D eigenvalue weighted by Gasteiger charge is 2.51. The quantitative estimate of drug-likeness (QED) is 0.789. The molecule has 0 aliphatic carbocycles. The lowest BCUT2D eigenvalue weighted by Gasteiger charge is -2.55. The highest BCUT2D eigenvalue weighted by atomic mass is 16.5. The molecule has 3 fully saturated rings. The van der Waals surface area contributed by atoms with Crippen molar-refractivity contribution in [2.24, 2.45) is 11.3 Å². The number of hydrogen-bond acceptors (Lipinski definition) is 3. The minimum Gasteiger partial charge on any atom is -0.380 e. The SMILES string of the molecule is CN1CCC(C2(C3CCCCN3)COC2)CC1. The first-order valence-electron chi connectivity index (χ1n) is 7.31. The van der Waals surface area contributed by atoms with Crippen molar-refractivity contribution in [1.82, 2.24) is 10.2 Å². The van der Waals surface area contributed by atoms with Gasteiger partial charge < -0.3 is 15.0 Å². The molecule has 0 aromatic carbocycles. The van der Waals surface area contributed by atoms with Gasteiger partial charge >= 0.3 is 0 Å². The van der Waals surface area contributed by atoms with Gasteiger partial charge in [-0.2, -0.15) is 0 Å². The molecule has 0 aromatic heterocycles. The number of piperidine rings is 2. The molecule has 17 heavy (non-hydrogen) atoms. The Kier molecular flexibility index (Phi) is 3.42. The average molecular weight is 238 g/mol. The molecule has 3 rings (SSSR count). The van der Waals surface area contributed by atoms with E-state index in [1.54, 1.807) is 0 Å². The third-order valence-electron chi connectivity index (χ3n) is 5.28. The topological polar surface area (TPSA) is 24.5 Å². The van der Waals surface area contributed by atoms with Crippen LogP contribution in [0.2, 0.25) is 0 Å². The summed E-state index contributed by atoms with van der Waals surface area (Å²) in [4.78, 5) is 2.47. The molecule has 0 spiro atoms. The molecule has 3 aliphatic rings. The van der Waals surface area contributed by atoms with E-state index in [1.807, 2.05) is 0 Å². The highest BCUT2D eigenvalue weighted by Crippen LogP contribution is 2.46. The predicted molar refractivity (Wildman–Crippen MR) is 69.1 cm³/mol. The average Bonchev–Trinajstić information content (AvgIpc) is 2.32. The molecule has 0 amide bonds. The van der Waals surface area contributed by atoms with E-state index >= 15 is 0 Å². The van der Waals surface area contributed by atoms with Crippen LogP contribution in [0.25, 0.3) is 0 Å². The predicted octanol–water partition coefficient (Wildman–Crippen LogP) is 1.49. The Morgan fingerprint density at radius 1 is 1.12 bits per heavy atom. The summed E-state index contributed by atoms with van der Waals surface area (Å²) in [6, 6.07) is 0.735. The fourth-order valence-electron chi connectivity index (χ4n) is 3.99. The summed E-state index contributed by atoms with van der Waals surface area (Å²) in [5, 5.41) is 3.78. The van der Waals surface area contributed by atoms with Gasteiger partial charge in [-0.1, -0.05) is 6.42 Å². The monoisotopic (exact) mass is 238 g/mol. The lowest BCUT2D eigenvalue weighted by Crippen LogP contribution is -2.63. The minimum atomic E-state index is 0.488. The van der Waals surface area contributed by atoms with Crippen LogP contribution in [-0.4, -0.2) is 50.8 Å². The Bertz CT molecular complexity index is 251. The third-order valence-corrected chi connectivity index (χ3v) is 5.28. The molecule has 0 saturated carbocycles. The van der Waals surface area contributed by atoms with E-state index in [2.05, 4.69) is 17.3 Å². The fourth-order valence-corrected chi connectivity index (χ4v) is 3.99. The van der Waals surface area contributed by atoms with Crippen LogP contribution in [0, 0.1) is 11.3 Å². The first-order chi connectivity index (χ1) is 8.31. The van der Waals surface area contributed by atoms with Crippen LogP contribution >= 0.6 is 0 Å². The Hall–Kier alpha value is -0.120. The van der Waals surface area contributed by atoms with Gasteiger partial charge in [0.1, 0.15) is 0 Å². The summed E-state index contributed by atoms with van der Waals surface area (Å²) in [7, 11) is 2.25. The van der Waals surface area contributed by atoms with Crippen LogP contribution in [0.15, 0.2) is 0 Å². The van der Waals surface area contributed by atoms with Crippen molar-refractivity contribution < 1.29 is 4.74 Å². The summed E-state index contributed by atoms with van der Waals surface area (Å²) >= 11 is 0. The fraction of sp³-hybridized carbons (Fsp3) is 1.00. The van der Waals surface area contributed by atoms with Crippen LogP contribution in [0.4, 0.5) is 0 Å². The summed E-state index contributed by atoms with van der Waals surface area (Å²) < 4.78 is 5.62. The molecule has 3 aliphatic heterocycles. The molecular formula is C14H26N2O. The highest BCUT2D eigenvalue weighted by molar-refractivity contribution is 5.02. The molecule has 1 atom stereocenters. The number of ether oxygens (including phenoxy) is 1. The van der Waals surface area contributed by atoms with Gasteiger partial charge in [0.2, 0.25) is 0 Å². The summed E-state index contributed by atoms with van der Waals surface area (Å²) in [5.41, 5.74) is 0.488. The van der Waals surface area contributed by atoms with Crippen LogP contribution in [0.5, 0.6) is 0 Å². The zero-order valence-corrected chi connectivity index (χ0v) is 11.1. The maximum absolute atomic E-state index is 5.62. The van der Waals surface area contributed by atoms with E-state index < -0.39 is 0 Å². The molecule has 0 aromatic rings. The zero-order valence-electron chi connectivity index (χ0n) is 11.1. The molecule has 3 saturated heterocycles. The number of rotatable bonds is 2. The van der Waals surface area contributed by atoms with E-state index in [9.17, 15) is 0 Å². The number of nitrogens with zero attached hydrogens (tertiary/aromatic N) is 1. The first kappa shape index (κ1) is 11.9. The maximum atomic E-state index is 5.62. The summed E-state index contributed by atoms with van der Waals surface area (Å²) in [6.07, 6.45) is 6.89. The van der Waals surface area contributed by atoms with Gasteiger partial charge in [-0.3, -0.25) is 0 Å². The molecule has 3 heteroatoms. The Morgan fingerprint density at radius 3 is 2.41 bits per heavy atom. The van der Waals surface area contributed by atoms with E-state index in [0.29, 0.717) is 5.41 Å². The summed E-state index contributed by atoms with van der Waals surface area (Å²) in [5.74, 6) is 0.892. The number of likely N-dealkylation sites (tertiary alicyclic amines) is 1. The smallest absolute Gasteiger partial charge is 0.0562 e. The summed E-state index contributed by atoms with van der Waals surface area (Å²) in [6.45, 7) is 5.80. The van der Waals surface area contributed by atoms with Crippen LogP contribution in [-0.2, 0) is 4.74 Å². The second-order valence-corrected chi connectivity index (χ2v) is 6.31. The molecule has 3 heterocycles. The molecule has 3 nitrogen and oxygen atoms in total. The van der Waals surface area contributed by atoms with Crippen molar-refractivity contribution in [3.8, 4) is 0 Å². The van der Waals surface area contributed by atoms with Crippen LogP contribution in [0.3, 0.4) is 0 Å². The first-order valence-corrected chi connectivity index (χ1v) is 7.31. The molecule has 98 valence electrons. The van der Waals surface area contributed by atoms with Gasteiger partial charge in [-0.15, -0.1) is 0 Å². The van der Waals surface area contributed by atoms with Crippen molar-refractivity contribution in [3.63, 3.8) is 0 Å². The lowest BCUT2D eigenvalue weighted by molar-refractivity contribution is -0.176. The van der Waals surface area contributed by atoms with Crippen molar-refractivity contribution in [1.29, 1.82) is 0 Å².